The fraction of sp³-hybridized carbons (Fsp3) is 0.421. The van der Waals surface area contributed by atoms with Gasteiger partial charge in [0.1, 0.15) is 5.75 Å². The summed E-state index contributed by atoms with van der Waals surface area (Å²) in [5.74, 6) is -0.00520. The van der Waals surface area contributed by atoms with Crippen molar-refractivity contribution >= 4 is 12.0 Å². The van der Waals surface area contributed by atoms with Gasteiger partial charge in [0.25, 0.3) is 0 Å². The van der Waals surface area contributed by atoms with Gasteiger partial charge in [-0.05, 0) is 40.7 Å². The molecule has 0 bridgehead atoms. The molecule has 0 saturated carbocycles. The fourth-order valence-electron chi connectivity index (χ4n) is 2.48. The van der Waals surface area contributed by atoms with E-state index in [0.29, 0.717) is 11.3 Å². The number of hydrogen-bond acceptors (Lipinski definition) is 3. The number of hydrogen-bond donors (Lipinski definition) is 1. The first kappa shape index (κ1) is 16.3. The van der Waals surface area contributed by atoms with Crippen molar-refractivity contribution in [2.24, 2.45) is 0 Å². The highest BCUT2D eigenvalue weighted by molar-refractivity contribution is 5.99. The van der Waals surface area contributed by atoms with Gasteiger partial charge < -0.3 is 9.84 Å². The molecule has 22 heavy (non-hydrogen) atoms. The number of phenolic OH excluding ortho intramolecular Hbond substituents is 1. The molecule has 1 aliphatic rings. The van der Waals surface area contributed by atoms with Gasteiger partial charge in [0.15, 0.2) is 0 Å². The molecule has 0 unspecified atom stereocenters. The molecule has 0 aromatic heterocycles. The second kappa shape index (κ2) is 5.31. The molecule has 0 spiro atoms. The molecule has 1 aliphatic heterocycles. The maximum absolute atomic E-state index is 11.6. The Morgan fingerprint density at radius 3 is 1.86 bits per heavy atom. The van der Waals surface area contributed by atoms with Crippen molar-refractivity contribution in [3.8, 4) is 5.75 Å². The minimum absolute atomic E-state index is 0.190. The Morgan fingerprint density at radius 2 is 1.50 bits per heavy atom. The van der Waals surface area contributed by atoms with Crippen LogP contribution in [-0.4, -0.2) is 11.1 Å². The van der Waals surface area contributed by atoms with Crippen molar-refractivity contribution in [2.75, 3.05) is 0 Å². The molecule has 0 radical (unpaired) electrons. The van der Waals surface area contributed by atoms with Crippen LogP contribution in [0.1, 0.15) is 58.2 Å². The second-order valence-electron chi connectivity index (χ2n) is 7.77. The summed E-state index contributed by atoms with van der Waals surface area (Å²) in [6.07, 6.45) is 4.85. The minimum Gasteiger partial charge on any atom is -0.507 e. The summed E-state index contributed by atoms with van der Waals surface area (Å²) in [4.78, 5) is 11.6. The molecule has 0 atom stereocenters. The molecule has 0 fully saturated rings. The van der Waals surface area contributed by atoms with Crippen molar-refractivity contribution in [2.45, 2.75) is 52.4 Å². The summed E-state index contributed by atoms with van der Waals surface area (Å²) >= 11 is 0. The first-order valence-corrected chi connectivity index (χ1v) is 7.47. The lowest BCUT2D eigenvalue weighted by Crippen LogP contribution is -2.17. The molecule has 1 heterocycles. The highest BCUT2D eigenvalue weighted by Crippen LogP contribution is 2.40. The van der Waals surface area contributed by atoms with Gasteiger partial charge in [0, 0.05) is 11.1 Å². The zero-order chi connectivity index (χ0) is 16.7. The van der Waals surface area contributed by atoms with Gasteiger partial charge >= 0.3 is 5.97 Å². The maximum atomic E-state index is 11.6. The largest absolute Gasteiger partial charge is 0.507 e. The molecule has 2 rings (SSSR count). The van der Waals surface area contributed by atoms with Crippen molar-refractivity contribution in [1.29, 1.82) is 0 Å². The van der Waals surface area contributed by atoms with Crippen LogP contribution in [0.5, 0.6) is 5.75 Å². The quantitative estimate of drug-likeness (QED) is 0.616. The number of phenols is 1. The van der Waals surface area contributed by atoms with Gasteiger partial charge in [-0.2, -0.15) is 0 Å². The lowest BCUT2D eigenvalue weighted by molar-refractivity contribution is -0.131. The summed E-state index contributed by atoms with van der Waals surface area (Å²) in [6.45, 7) is 12.4. The third-order valence-corrected chi connectivity index (χ3v) is 3.73. The van der Waals surface area contributed by atoms with E-state index >= 15 is 0 Å². The predicted octanol–water partition coefficient (Wildman–Crippen LogP) is 4.44. The normalized spacial score (nSPS) is 17.2. The molecule has 0 aliphatic carbocycles. The Bertz CT molecular complexity index is 630. The molecule has 1 aromatic carbocycles. The summed E-state index contributed by atoms with van der Waals surface area (Å²) in [5, 5.41) is 10.7. The van der Waals surface area contributed by atoms with E-state index in [-0.39, 0.29) is 16.8 Å². The lowest BCUT2D eigenvalue weighted by atomic mass is 9.78. The van der Waals surface area contributed by atoms with E-state index < -0.39 is 0 Å². The van der Waals surface area contributed by atoms with E-state index in [4.69, 9.17) is 4.74 Å². The number of rotatable bonds is 1. The first-order valence-electron chi connectivity index (χ1n) is 7.47. The van der Waals surface area contributed by atoms with E-state index in [1.165, 1.54) is 6.26 Å². The Kier molecular flexibility index (Phi) is 3.94. The SMILES string of the molecule is CC(C)(C)c1cc(C=C2C=COC2=O)cc(C(C)(C)C)c1O. The van der Waals surface area contributed by atoms with Crippen LogP contribution in [0.25, 0.3) is 6.08 Å². The number of benzene rings is 1. The number of carbonyl (C=O) groups is 1. The molecule has 1 N–H and O–H groups in total. The van der Waals surface area contributed by atoms with Gasteiger partial charge in [-0.25, -0.2) is 4.79 Å². The Balaban J connectivity index is 2.66. The van der Waals surface area contributed by atoms with Gasteiger partial charge in [-0.3, -0.25) is 0 Å². The van der Waals surface area contributed by atoms with E-state index in [2.05, 4.69) is 41.5 Å². The monoisotopic (exact) mass is 300 g/mol. The van der Waals surface area contributed by atoms with Crippen LogP contribution in [0.15, 0.2) is 30.0 Å². The van der Waals surface area contributed by atoms with E-state index in [0.717, 1.165) is 16.7 Å². The molecule has 118 valence electrons. The zero-order valence-corrected chi connectivity index (χ0v) is 14.2. The van der Waals surface area contributed by atoms with Crippen molar-refractivity contribution in [1.82, 2.24) is 0 Å². The molecule has 3 nitrogen and oxygen atoms in total. The minimum atomic E-state index is -0.345. The highest BCUT2D eigenvalue weighted by Gasteiger charge is 2.26. The highest BCUT2D eigenvalue weighted by atomic mass is 16.5. The fourth-order valence-corrected chi connectivity index (χ4v) is 2.48. The smallest absolute Gasteiger partial charge is 0.343 e. The van der Waals surface area contributed by atoms with Crippen LogP contribution in [-0.2, 0) is 20.4 Å². The summed E-state index contributed by atoms with van der Waals surface area (Å²) in [7, 11) is 0. The van der Waals surface area contributed by atoms with E-state index in [9.17, 15) is 9.90 Å². The van der Waals surface area contributed by atoms with Crippen LogP contribution in [0.4, 0.5) is 0 Å². The molecule has 1 aromatic rings. The van der Waals surface area contributed by atoms with Gasteiger partial charge in [0.2, 0.25) is 0 Å². The lowest BCUT2D eigenvalue weighted by Gasteiger charge is -2.28. The summed E-state index contributed by atoms with van der Waals surface area (Å²) in [5.41, 5.74) is 2.79. The third-order valence-electron chi connectivity index (χ3n) is 3.73. The van der Waals surface area contributed by atoms with Crippen molar-refractivity contribution < 1.29 is 14.6 Å². The summed E-state index contributed by atoms with van der Waals surface area (Å²) in [6, 6.07) is 3.88. The van der Waals surface area contributed by atoms with Crippen LogP contribution in [0.2, 0.25) is 0 Å². The molecular weight excluding hydrogens is 276 g/mol. The Morgan fingerprint density at radius 1 is 1.00 bits per heavy atom. The van der Waals surface area contributed by atoms with Crippen molar-refractivity contribution in [3.05, 3.63) is 46.7 Å². The van der Waals surface area contributed by atoms with Crippen LogP contribution >= 0.6 is 0 Å². The van der Waals surface area contributed by atoms with Gasteiger partial charge in [-0.1, -0.05) is 41.5 Å². The predicted molar refractivity (Wildman–Crippen MR) is 88.7 cm³/mol. The molecule has 0 saturated heterocycles. The zero-order valence-electron chi connectivity index (χ0n) is 14.2. The third kappa shape index (κ3) is 3.24. The maximum Gasteiger partial charge on any atom is 0.343 e. The average molecular weight is 300 g/mol. The van der Waals surface area contributed by atoms with Crippen LogP contribution in [0.3, 0.4) is 0 Å². The van der Waals surface area contributed by atoms with Crippen LogP contribution in [0, 0.1) is 0 Å². The molecule has 3 heteroatoms. The van der Waals surface area contributed by atoms with E-state index in [1.54, 1.807) is 12.2 Å². The van der Waals surface area contributed by atoms with Gasteiger partial charge in [-0.15, -0.1) is 0 Å². The second-order valence-corrected chi connectivity index (χ2v) is 7.77. The van der Waals surface area contributed by atoms with Crippen LogP contribution < -0.4 is 0 Å². The first-order chi connectivity index (χ1) is 10.00. The topological polar surface area (TPSA) is 46.5 Å². The average Bonchev–Trinajstić information content (AvgIpc) is 2.74. The van der Waals surface area contributed by atoms with E-state index in [1.807, 2.05) is 12.1 Å². The number of carbonyl (C=O) groups excluding carboxylic acids is 1. The van der Waals surface area contributed by atoms with Crippen molar-refractivity contribution in [3.63, 3.8) is 0 Å². The number of esters is 1. The number of aromatic hydroxyl groups is 1. The molecule has 0 amide bonds. The Labute approximate surface area is 132 Å². The standard InChI is InChI=1S/C19H24O3/c1-18(2,3)14-10-12(9-13-7-8-22-17(13)21)11-15(16(14)20)19(4,5)6/h7-11,20H,1-6H3. The molecular formula is C19H24O3. The summed E-state index contributed by atoms with van der Waals surface area (Å²) < 4.78 is 4.82. The Hall–Kier alpha value is -2.03. The number of cyclic esters (lactones) is 1. The van der Waals surface area contributed by atoms with Gasteiger partial charge in [0.05, 0.1) is 11.8 Å². The number of ether oxygens (including phenoxy) is 1.